The molecule has 180 valence electrons. The zero-order valence-electron chi connectivity index (χ0n) is 18.1. The summed E-state index contributed by atoms with van der Waals surface area (Å²) in [7, 11) is -4.20. The average Bonchev–Trinajstić information content (AvgIpc) is 3.41. The van der Waals surface area contributed by atoms with Gasteiger partial charge in [-0.15, -0.1) is 0 Å². The number of hydrogen-bond donors (Lipinski definition) is 0. The van der Waals surface area contributed by atoms with Crippen LogP contribution in [0.4, 0.5) is 5.69 Å². The number of carbonyl (C=O) groups is 2. The van der Waals surface area contributed by atoms with Crippen LogP contribution < -0.4 is 14.4 Å². The molecule has 1 unspecified atom stereocenters. The first kappa shape index (κ1) is 23.6. The van der Waals surface area contributed by atoms with Gasteiger partial charge in [0, 0.05) is 16.6 Å². The van der Waals surface area contributed by atoms with Crippen LogP contribution in [-0.2, 0) is 26.2 Å². The molecule has 0 N–H and O–H groups in total. The van der Waals surface area contributed by atoms with Crippen molar-refractivity contribution in [2.24, 2.45) is 0 Å². The number of carbonyl (C=O) groups excluding carboxylic acids is 2. The molecule has 35 heavy (non-hydrogen) atoms. The van der Waals surface area contributed by atoms with Gasteiger partial charge in [0.15, 0.2) is 11.5 Å². The molecule has 2 aliphatic heterocycles. The number of halogens is 2. The van der Waals surface area contributed by atoms with Crippen molar-refractivity contribution in [1.29, 1.82) is 0 Å². The molecular formula is C24H18Cl2N2O6S. The van der Waals surface area contributed by atoms with E-state index < -0.39 is 27.9 Å². The smallest absolute Gasteiger partial charge is 0.252 e. The molecule has 1 atom stereocenters. The number of fused-ring (bicyclic) bond motifs is 1. The van der Waals surface area contributed by atoms with Gasteiger partial charge in [-0.1, -0.05) is 29.3 Å². The highest BCUT2D eigenvalue weighted by molar-refractivity contribution is 7.89. The van der Waals surface area contributed by atoms with Gasteiger partial charge < -0.3 is 9.47 Å². The van der Waals surface area contributed by atoms with Crippen LogP contribution in [0.1, 0.15) is 12.0 Å². The predicted octanol–water partition coefficient (Wildman–Crippen LogP) is 4.25. The minimum absolute atomic E-state index is 0.0483. The molecule has 8 nitrogen and oxygen atoms in total. The Kier molecular flexibility index (Phi) is 6.18. The number of sulfonamides is 1. The minimum atomic E-state index is -4.20. The SMILES string of the molecule is O=C1CC(N(Cc2ccc3c(c2)OCO3)S(=O)(=O)c2ccc(Cl)cc2)C(=O)N1c1ccc(Cl)cc1. The zero-order valence-corrected chi connectivity index (χ0v) is 20.4. The number of rotatable bonds is 6. The Morgan fingerprint density at radius 3 is 2.20 bits per heavy atom. The van der Waals surface area contributed by atoms with Crippen LogP contribution in [0.2, 0.25) is 10.0 Å². The molecule has 0 radical (unpaired) electrons. The molecule has 3 aromatic carbocycles. The van der Waals surface area contributed by atoms with Crippen LogP contribution in [0.5, 0.6) is 11.5 Å². The van der Waals surface area contributed by atoms with E-state index >= 15 is 0 Å². The topological polar surface area (TPSA) is 93.2 Å². The Hall–Kier alpha value is -3.11. The summed E-state index contributed by atoms with van der Waals surface area (Å²) >= 11 is 11.9. The Labute approximate surface area is 211 Å². The third kappa shape index (κ3) is 4.48. The standard InChI is InChI=1S/C24H18Cl2N2O6S/c25-16-2-6-18(7-3-16)28-23(29)12-20(24(28)30)27(35(31,32)19-8-4-17(26)5-9-19)13-15-1-10-21-22(11-15)34-14-33-21/h1-11,20H,12-14H2. The second kappa shape index (κ2) is 9.16. The molecule has 5 rings (SSSR count). The second-order valence-electron chi connectivity index (χ2n) is 7.96. The van der Waals surface area contributed by atoms with E-state index in [0.29, 0.717) is 32.8 Å². The van der Waals surface area contributed by atoms with Crippen LogP contribution in [-0.4, -0.2) is 37.4 Å². The molecule has 2 aliphatic rings. The van der Waals surface area contributed by atoms with Gasteiger partial charge in [-0.3, -0.25) is 9.59 Å². The van der Waals surface area contributed by atoms with E-state index in [1.807, 2.05) is 0 Å². The Balaban J connectivity index is 1.54. The lowest BCUT2D eigenvalue weighted by molar-refractivity contribution is -0.122. The van der Waals surface area contributed by atoms with E-state index in [9.17, 15) is 18.0 Å². The molecule has 2 amide bonds. The molecule has 3 aromatic rings. The van der Waals surface area contributed by atoms with Crippen molar-refractivity contribution in [3.05, 3.63) is 82.3 Å². The predicted molar refractivity (Wildman–Crippen MR) is 129 cm³/mol. The quantitative estimate of drug-likeness (QED) is 0.440. The minimum Gasteiger partial charge on any atom is -0.454 e. The first-order valence-corrected chi connectivity index (χ1v) is 12.7. The van der Waals surface area contributed by atoms with Crippen molar-refractivity contribution in [1.82, 2.24) is 4.31 Å². The summed E-state index contributed by atoms with van der Waals surface area (Å²) in [5.74, 6) is -0.134. The van der Waals surface area contributed by atoms with Gasteiger partial charge in [0.1, 0.15) is 6.04 Å². The summed E-state index contributed by atoms with van der Waals surface area (Å²) in [5.41, 5.74) is 0.885. The normalized spacial score (nSPS) is 17.5. The van der Waals surface area contributed by atoms with E-state index in [0.717, 1.165) is 9.21 Å². The highest BCUT2D eigenvalue weighted by Gasteiger charge is 2.47. The summed E-state index contributed by atoms with van der Waals surface area (Å²) in [6.07, 6.45) is -0.307. The van der Waals surface area contributed by atoms with Gasteiger partial charge in [0.25, 0.3) is 5.91 Å². The van der Waals surface area contributed by atoms with Gasteiger partial charge in [-0.05, 0) is 66.2 Å². The first-order chi connectivity index (χ1) is 16.7. The zero-order chi connectivity index (χ0) is 24.7. The molecule has 1 fully saturated rings. The van der Waals surface area contributed by atoms with Gasteiger partial charge in [-0.25, -0.2) is 13.3 Å². The average molecular weight is 533 g/mol. The van der Waals surface area contributed by atoms with Crippen LogP contribution in [0.25, 0.3) is 0 Å². The van der Waals surface area contributed by atoms with Crippen molar-refractivity contribution < 1.29 is 27.5 Å². The number of ether oxygens (including phenoxy) is 2. The third-order valence-electron chi connectivity index (χ3n) is 5.75. The summed E-state index contributed by atoms with van der Waals surface area (Å²) in [6.45, 7) is -0.100. The Morgan fingerprint density at radius 1 is 0.886 bits per heavy atom. The van der Waals surface area contributed by atoms with Crippen LogP contribution in [0, 0.1) is 0 Å². The summed E-state index contributed by atoms with van der Waals surface area (Å²) in [4.78, 5) is 27.3. The number of nitrogens with zero attached hydrogens (tertiary/aromatic N) is 2. The maximum atomic E-state index is 13.7. The van der Waals surface area contributed by atoms with Gasteiger partial charge in [-0.2, -0.15) is 4.31 Å². The molecule has 1 saturated heterocycles. The first-order valence-electron chi connectivity index (χ1n) is 10.5. The number of imide groups is 1. The number of benzene rings is 3. The highest BCUT2D eigenvalue weighted by atomic mass is 35.5. The highest BCUT2D eigenvalue weighted by Crippen LogP contribution is 2.35. The monoisotopic (exact) mass is 532 g/mol. The van der Waals surface area contributed by atoms with Crippen molar-refractivity contribution in [3.8, 4) is 11.5 Å². The molecule has 0 saturated carbocycles. The lowest BCUT2D eigenvalue weighted by Gasteiger charge is -2.27. The third-order valence-corrected chi connectivity index (χ3v) is 8.12. The second-order valence-corrected chi connectivity index (χ2v) is 10.7. The Bertz CT molecular complexity index is 1410. The van der Waals surface area contributed by atoms with Gasteiger partial charge >= 0.3 is 0 Å². The van der Waals surface area contributed by atoms with Crippen molar-refractivity contribution in [2.45, 2.75) is 23.9 Å². The van der Waals surface area contributed by atoms with Crippen molar-refractivity contribution >= 4 is 50.7 Å². The van der Waals surface area contributed by atoms with Crippen LogP contribution in [0.15, 0.2) is 71.6 Å². The maximum absolute atomic E-state index is 13.7. The molecular weight excluding hydrogens is 515 g/mol. The fraction of sp³-hybridized carbons (Fsp3) is 0.167. The molecule has 0 aromatic heterocycles. The molecule has 0 bridgehead atoms. The summed E-state index contributed by atoms with van der Waals surface area (Å²) in [6, 6.07) is 15.6. The van der Waals surface area contributed by atoms with E-state index in [-0.39, 0.29) is 24.7 Å². The van der Waals surface area contributed by atoms with Crippen molar-refractivity contribution in [2.75, 3.05) is 11.7 Å². The molecule has 0 spiro atoms. The number of hydrogen-bond acceptors (Lipinski definition) is 6. The summed E-state index contributed by atoms with van der Waals surface area (Å²) < 4.78 is 39.3. The fourth-order valence-electron chi connectivity index (χ4n) is 4.03. The van der Waals surface area contributed by atoms with Crippen LogP contribution >= 0.6 is 23.2 Å². The molecule has 2 heterocycles. The lowest BCUT2D eigenvalue weighted by atomic mass is 10.1. The molecule has 0 aliphatic carbocycles. The lowest BCUT2D eigenvalue weighted by Crippen LogP contribution is -2.45. The van der Waals surface area contributed by atoms with Crippen LogP contribution in [0.3, 0.4) is 0 Å². The number of amides is 2. The number of anilines is 1. The fourth-order valence-corrected chi connectivity index (χ4v) is 5.85. The van der Waals surface area contributed by atoms with E-state index in [4.69, 9.17) is 32.7 Å². The Morgan fingerprint density at radius 2 is 1.51 bits per heavy atom. The van der Waals surface area contributed by atoms with Gasteiger partial charge in [0.2, 0.25) is 22.7 Å². The maximum Gasteiger partial charge on any atom is 0.252 e. The largest absolute Gasteiger partial charge is 0.454 e. The van der Waals surface area contributed by atoms with E-state index in [2.05, 4.69) is 0 Å². The van der Waals surface area contributed by atoms with E-state index in [1.54, 1.807) is 30.3 Å². The molecule has 11 heteroatoms. The summed E-state index contributed by atoms with van der Waals surface area (Å²) in [5, 5.41) is 0.812. The van der Waals surface area contributed by atoms with Gasteiger partial charge in [0.05, 0.1) is 17.0 Å². The van der Waals surface area contributed by atoms with E-state index in [1.165, 1.54) is 36.4 Å². The van der Waals surface area contributed by atoms with Crippen molar-refractivity contribution in [3.63, 3.8) is 0 Å².